The summed E-state index contributed by atoms with van der Waals surface area (Å²) >= 11 is 0. The average molecular weight is 358 g/mol. The summed E-state index contributed by atoms with van der Waals surface area (Å²) in [6.07, 6.45) is 1.60. The molecule has 0 spiro atoms. The van der Waals surface area contributed by atoms with Crippen LogP contribution in [0, 0.1) is 5.82 Å². The van der Waals surface area contributed by atoms with E-state index in [0.29, 0.717) is 17.1 Å². The van der Waals surface area contributed by atoms with E-state index in [1.54, 1.807) is 37.4 Å². The number of hydrogen-bond acceptors (Lipinski definition) is 4. The second kappa shape index (κ2) is 8.08. The fourth-order valence-electron chi connectivity index (χ4n) is 3.28. The molecule has 2 aromatic carbocycles. The molecule has 6 heteroatoms. The number of anilines is 1. The number of halogens is 1. The molecule has 5 nitrogen and oxygen atoms in total. The van der Waals surface area contributed by atoms with Crippen molar-refractivity contribution < 1.29 is 18.7 Å². The van der Waals surface area contributed by atoms with Gasteiger partial charge in [-0.2, -0.15) is 0 Å². The van der Waals surface area contributed by atoms with Gasteiger partial charge in [-0.1, -0.05) is 12.1 Å². The first-order valence-electron chi connectivity index (χ1n) is 8.64. The van der Waals surface area contributed by atoms with Gasteiger partial charge in [0.1, 0.15) is 5.82 Å². The Morgan fingerprint density at radius 3 is 2.50 bits per heavy atom. The van der Waals surface area contributed by atoms with Crippen LogP contribution in [0.5, 0.6) is 11.5 Å². The average Bonchev–Trinajstić information content (AvgIpc) is 2.67. The number of methoxy groups -OCH3 is 2. The third-order valence-electron chi connectivity index (χ3n) is 4.65. The van der Waals surface area contributed by atoms with Crippen molar-refractivity contribution in [1.29, 1.82) is 0 Å². The number of benzene rings is 2. The van der Waals surface area contributed by atoms with Gasteiger partial charge >= 0.3 is 0 Å². The van der Waals surface area contributed by atoms with Crippen molar-refractivity contribution in [3.8, 4) is 11.5 Å². The molecule has 2 aromatic rings. The van der Waals surface area contributed by atoms with E-state index in [0.717, 1.165) is 31.6 Å². The van der Waals surface area contributed by atoms with E-state index in [1.165, 1.54) is 13.2 Å². The van der Waals surface area contributed by atoms with Crippen molar-refractivity contribution in [2.75, 3.05) is 32.2 Å². The number of rotatable bonds is 5. The van der Waals surface area contributed by atoms with Crippen LogP contribution in [0.4, 0.5) is 10.1 Å². The van der Waals surface area contributed by atoms with E-state index in [1.807, 2.05) is 6.07 Å². The lowest BCUT2D eigenvalue weighted by Crippen LogP contribution is -2.44. The molecule has 1 N–H and O–H groups in total. The minimum atomic E-state index is -0.233. The van der Waals surface area contributed by atoms with Crippen molar-refractivity contribution in [1.82, 2.24) is 5.32 Å². The van der Waals surface area contributed by atoms with Crippen LogP contribution in [0.2, 0.25) is 0 Å². The van der Waals surface area contributed by atoms with E-state index in [9.17, 15) is 9.18 Å². The fraction of sp³-hybridized carbons (Fsp3) is 0.350. The highest BCUT2D eigenvalue weighted by atomic mass is 19.1. The quantitative estimate of drug-likeness (QED) is 0.892. The van der Waals surface area contributed by atoms with Gasteiger partial charge in [0.25, 0.3) is 5.91 Å². The van der Waals surface area contributed by atoms with E-state index in [4.69, 9.17) is 9.47 Å². The van der Waals surface area contributed by atoms with E-state index in [-0.39, 0.29) is 17.8 Å². The highest BCUT2D eigenvalue weighted by Crippen LogP contribution is 2.31. The first kappa shape index (κ1) is 18.0. The van der Waals surface area contributed by atoms with Gasteiger partial charge in [0, 0.05) is 24.8 Å². The number of piperidine rings is 1. The van der Waals surface area contributed by atoms with E-state index < -0.39 is 0 Å². The third-order valence-corrected chi connectivity index (χ3v) is 4.65. The Balaban J connectivity index is 1.62. The Morgan fingerprint density at radius 2 is 1.85 bits per heavy atom. The molecule has 1 aliphatic heterocycles. The number of amides is 1. The molecule has 26 heavy (non-hydrogen) atoms. The minimum Gasteiger partial charge on any atom is -0.493 e. The van der Waals surface area contributed by atoms with Crippen molar-refractivity contribution in [3.05, 3.63) is 53.8 Å². The molecule has 0 radical (unpaired) electrons. The van der Waals surface area contributed by atoms with Crippen LogP contribution in [-0.4, -0.2) is 39.3 Å². The molecular weight excluding hydrogens is 335 g/mol. The molecule has 0 bridgehead atoms. The molecular formula is C20H23FN2O3. The summed E-state index contributed by atoms with van der Waals surface area (Å²) in [7, 11) is 3.06. The molecule has 1 amide bonds. The van der Waals surface area contributed by atoms with Gasteiger partial charge < -0.3 is 19.7 Å². The smallest absolute Gasteiger partial charge is 0.255 e. The SMILES string of the molecule is COc1cccc(C(=O)NC2CCN(c3cccc(F)c3)CC2)c1OC. The van der Waals surface area contributed by atoms with Crippen LogP contribution in [0.15, 0.2) is 42.5 Å². The maximum Gasteiger partial charge on any atom is 0.255 e. The fourth-order valence-corrected chi connectivity index (χ4v) is 3.28. The van der Waals surface area contributed by atoms with Crippen molar-refractivity contribution in [3.63, 3.8) is 0 Å². The summed E-state index contributed by atoms with van der Waals surface area (Å²) in [4.78, 5) is 14.8. The predicted octanol–water partition coefficient (Wildman–Crippen LogP) is 3.24. The number of carbonyl (C=O) groups is 1. The Morgan fingerprint density at radius 1 is 1.12 bits per heavy atom. The van der Waals surface area contributed by atoms with E-state index >= 15 is 0 Å². The predicted molar refractivity (Wildman–Crippen MR) is 98.6 cm³/mol. The lowest BCUT2D eigenvalue weighted by atomic mass is 10.0. The highest BCUT2D eigenvalue weighted by Gasteiger charge is 2.23. The molecule has 1 aliphatic rings. The van der Waals surface area contributed by atoms with Gasteiger partial charge in [-0.15, -0.1) is 0 Å². The van der Waals surface area contributed by atoms with Crippen LogP contribution < -0.4 is 19.7 Å². The first-order valence-corrected chi connectivity index (χ1v) is 8.64. The molecule has 1 heterocycles. The molecule has 1 saturated heterocycles. The molecule has 0 aromatic heterocycles. The van der Waals surface area contributed by atoms with Gasteiger partial charge in [-0.3, -0.25) is 4.79 Å². The molecule has 3 rings (SSSR count). The molecule has 1 fully saturated rings. The number of nitrogens with one attached hydrogen (secondary N) is 1. The lowest BCUT2D eigenvalue weighted by molar-refractivity contribution is 0.0927. The first-order chi connectivity index (χ1) is 12.6. The minimum absolute atomic E-state index is 0.0724. The number of nitrogens with zero attached hydrogens (tertiary/aromatic N) is 1. The van der Waals surface area contributed by atoms with Gasteiger partial charge in [0.2, 0.25) is 0 Å². The van der Waals surface area contributed by atoms with E-state index in [2.05, 4.69) is 10.2 Å². The number of para-hydroxylation sites is 1. The molecule has 0 aliphatic carbocycles. The zero-order valence-electron chi connectivity index (χ0n) is 15.0. The summed E-state index contributed by atoms with van der Waals surface area (Å²) in [5.74, 6) is 0.554. The zero-order chi connectivity index (χ0) is 18.5. The van der Waals surface area contributed by atoms with Crippen LogP contribution >= 0.6 is 0 Å². The third kappa shape index (κ3) is 3.90. The standard InChI is InChI=1S/C20H23FN2O3/c1-25-18-8-4-7-17(19(18)26-2)20(24)22-15-9-11-23(12-10-15)16-6-3-5-14(21)13-16/h3-8,13,15H,9-12H2,1-2H3,(H,22,24). The second-order valence-electron chi connectivity index (χ2n) is 6.26. The van der Waals surface area contributed by atoms with Gasteiger partial charge in [0.15, 0.2) is 11.5 Å². The van der Waals surface area contributed by atoms with Crippen LogP contribution in [-0.2, 0) is 0 Å². The maximum absolute atomic E-state index is 13.4. The Labute approximate surface area is 152 Å². The molecule has 0 atom stereocenters. The number of ether oxygens (including phenoxy) is 2. The van der Waals surface area contributed by atoms with Crippen molar-refractivity contribution >= 4 is 11.6 Å². The Hall–Kier alpha value is -2.76. The largest absolute Gasteiger partial charge is 0.493 e. The Bertz CT molecular complexity index is 773. The summed E-state index contributed by atoms with van der Waals surface area (Å²) in [6, 6.07) is 11.9. The molecule has 0 unspecified atom stereocenters. The van der Waals surface area contributed by atoms with Gasteiger partial charge in [-0.25, -0.2) is 4.39 Å². The summed E-state index contributed by atoms with van der Waals surface area (Å²) < 4.78 is 24.0. The summed E-state index contributed by atoms with van der Waals surface area (Å²) in [5.41, 5.74) is 1.34. The van der Waals surface area contributed by atoms with Crippen LogP contribution in [0.1, 0.15) is 23.2 Å². The lowest BCUT2D eigenvalue weighted by Gasteiger charge is -2.34. The maximum atomic E-state index is 13.4. The zero-order valence-corrected chi connectivity index (χ0v) is 15.0. The van der Waals surface area contributed by atoms with Crippen LogP contribution in [0.25, 0.3) is 0 Å². The van der Waals surface area contributed by atoms with Crippen molar-refractivity contribution in [2.24, 2.45) is 0 Å². The van der Waals surface area contributed by atoms with Gasteiger partial charge in [0.05, 0.1) is 19.8 Å². The highest BCUT2D eigenvalue weighted by molar-refractivity contribution is 5.98. The molecule has 0 saturated carbocycles. The Kier molecular flexibility index (Phi) is 5.61. The summed E-state index contributed by atoms with van der Waals surface area (Å²) in [5, 5.41) is 3.07. The summed E-state index contributed by atoms with van der Waals surface area (Å²) in [6.45, 7) is 1.54. The van der Waals surface area contributed by atoms with Crippen LogP contribution in [0.3, 0.4) is 0 Å². The van der Waals surface area contributed by atoms with Crippen molar-refractivity contribution in [2.45, 2.75) is 18.9 Å². The second-order valence-corrected chi connectivity index (χ2v) is 6.26. The number of carbonyl (C=O) groups excluding carboxylic acids is 1. The topological polar surface area (TPSA) is 50.8 Å². The normalized spacial score (nSPS) is 14.8. The molecule has 138 valence electrons. The number of hydrogen-bond donors (Lipinski definition) is 1. The monoisotopic (exact) mass is 358 g/mol. The van der Waals surface area contributed by atoms with Gasteiger partial charge in [-0.05, 0) is 43.2 Å².